The Balaban J connectivity index is 1.87. The number of aliphatic carboxylic acids is 1. The van der Waals surface area contributed by atoms with Crippen LogP contribution in [0.3, 0.4) is 0 Å². The van der Waals surface area contributed by atoms with Crippen molar-refractivity contribution in [2.24, 2.45) is 0 Å². The van der Waals surface area contributed by atoms with Crippen LogP contribution in [0.1, 0.15) is 6.42 Å². The number of hydrogen-bond donors (Lipinski definition) is 3. The minimum Gasteiger partial charge on any atom is -0.482 e. The second-order valence-corrected chi connectivity index (χ2v) is 4.53. The average Bonchev–Trinajstić information content (AvgIpc) is 2.85. The van der Waals surface area contributed by atoms with Gasteiger partial charge in [0.1, 0.15) is 5.75 Å². The molecule has 1 atom stereocenters. The van der Waals surface area contributed by atoms with E-state index in [4.69, 9.17) is 9.84 Å². The van der Waals surface area contributed by atoms with Gasteiger partial charge in [-0.1, -0.05) is 0 Å². The number of hydrogen-bond acceptors (Lipinski definition) is 4. The number of nitrogens with one attached hydrogen (secondary N) is 1. The first-order valence-corrected chi connectivity index (χ1v) is 6.23. The summed E-state index contributed by atoms with van der Waals surface area (Å²) in [5.41, 5.74) is 0.582. The smallest absolute Gasteiger partial charge is 0.341 e. The predicted molar refractivity (Wildman–Crippen MR) is 70.8 cm³/mol. The van der Waals surface area contributed by atoms with Gasteiger partial charge in [-0.25, -0.2) is 9.59 Å². The fraction of sp³-hybridized carbons (Fsp3) is 0.385. The van der Waals surface area contributed by atoms with Crippen LogP contribution in [0.4, 0.5) is 10.5 Å². The summed E-state index contributed by atoms with van der Waals surface area (Å²) in [6, 6.07) is 6.15. The lowest BCUT2D eigenvalue weighted by atomic mass is 10.3. The third-order valence-electron chi connectivity index (χ3n) is 2.92. The Morgan fingerprint density at radius 2 is 2.05 bits per heavy atom. The molecule has 1 saturated heterocycles. The molecule has 1 unspecified atom stereocenters. The van der Waals surface area contributed by atoms with Crippen LogP contribution in [0, 0.1) is 0 Å². The molecule has 1 heterocycles. The van der Waals surface area contributed by atoms with E-state index in [-0.39, 0.29) is 6.03 Å². The highest BCUT2D eigenvalue weighted by Crippen LogP contribution is 2.17. The molecule has 0 spiro atoms. The number of carboxylic acid groups (broad SMARTS) is 1. The Morgan fingerprint density at radius 3 is 2.60 bits per heavy atom. The Bertz CT molecular complexity index is 488. The standard InChI is InChI=1S/C13H16N2O5/c16-10-5-6-15(7-10)13(19)14-9-1-3-11(4-2-9)20-8-12(17)18/h1-4,10,16H,5-8H2,(H,14,19)(H,17,18). The molecule has 2 amide bonds. The van der Waals surface area contributed by atoms with Crippen LogP contribution in [-0.2, 0) is 4.79 Å². The van der Waals surface area contributed by atoms with Crippen molar-refractivity contribution in [3.63, 3.8) is 0 Å². The third-order valence-corrected chi connectivity index (χ3v) is 2.92. The van der Waals surface area contributed by atoms with E-state index in [1.54, 1.807) is 29.2 Å². The SMILES string of the molecule is O=C(O)COc1ccc(NC(=O)N2CCC(O)C2)cc1. The van der Waals surface area contributed by atoms with Gasteiger partial charge in [-0.05, 0) is 30.7 Å². The molecule has 0 saturated carbocycles. The Labute approximate surface area is 115 Å². The highest BCUT2D eigenvalue weighted by molar-refractivity contribution is 5.89. The lowest BCUT2D eigenvalue weighted by molar-refractivity contribution is -0.139. The first kappa shape index (κ1) is 14.1. The highest BCUT2D eigenvalue weighted by Gasteiger charge is 2.24. The van der Waals surface area contributed by atoms with Gasteiger partial charge in [-0.3, -0.25) is 0 Å². The Hall–Kier alpha value is -2.28. The van der Waals surface area contributed by atoms with Gasteiger partial charge in [-0.2, -0.15) is 0 Å². The molecule has 20 heavy (non-hydrogen) atoms. The van der Waals surface area contributed by atoms with Crippen LogP contribution < -0.4 is 10.1 Å². The van der Waals surface area contributed by atoms with Gasteiger partial charge in [0.15, 0.2) is 6.61 Å². The normalized spacial score (nSPS) is 17.9. The van der Waals surface area contributed by atoms with Gasteiger partial charge in [0.25, 0.3) is 0 Å². The quantitative estimate of drug-likeness (QED) is 0.755. The predicted octanol–water partition coefficient (Wildman–Crippen LogP) is 0.748. The molecule has 0 aliphatic carbocycles. The second kappa shape index (κ2) is 6.25. The number of likely N-dealkylation sites (tertiary alicyclic amines) is 1. The molecule has 1 aromatic carbocycles. The summed E-state index contributed by atoms with van der Waals surface area (Å²) >= 11 is 0. The molecule has 1 aromatic rings. The monoisotopic (exact) mass is 280 g/mol. The molecule has 0 radical (unpaired) electrons. The number of β-amino-alcohol motifs (C(OH)–C–C–N with tert-alkyl or cyclic N) is 1. The second-order valence-electron chi connectivity index (χ2n) is 4.53. The van der Waals surface area contributed by atoms with Crippen molar-refractivity contribution in [3.05, 3.63) is 24.3 Å². The molecule has 1 fully saturated rings. The van der Waals surface area contributed by atoms with E-state index in [1.807, 2.05) is 0 Å². The molecule has 2 rings (SSSR count). The van der Waals surface area contributed by atoms with Gasteiger partial charge in [0.2, 0.25) is 0 Å². The summed E-state index contributed by atoms with van der Waals surface area (Å²) in [5.74, 6) is -0.628. The molecule has 108 valence electrons. The van der Waals surface area contributed by atoms with E-state index in [0.29, 0.717) is 30.9 Å². The van der Waals surface area contributed by atoms with Crippen molar-refractivity contribution < 1.29 is 24.5 Å². The van der Waals surface area contributed by atoms with E-state index in [2.05, 4.69) is 5.32 Å². The molecule has 7 nitrogen and oxygen atoms in total. The molecule has 1 aliphatic rings. The number of aliphatic hydroxyl groups excluding tert-OH is 1. The van der Waals surface area contributed by atoms with Crippen molar-refractivity contribution in [1.29, 1.82) is 0 Å². The molecule has 7 heteroatoms. The lowest BCUT2D eigenvalue weighted by Gasteiger charge is -2.16. The lowest BCUT2D eigenvalue weighted by Crippen LogP contribution is -2.33. The van der Waals surface area contributed by atoms with Crippen LogP contribution in [0.2, 0.25) is 0 Å². The molecule has 3 N–H and O–H groups in total. The zero-order chi connectivity index (χ0) is 14.5. The van der Waals surface area contributed by atoms with Crippen molar-refractivity contribution >= 4 is 17.7 Å². The largest absolute Gasteiger partial charge is 0.482 e. The first-order valence-electron chi connectivity index (χ1n) is 6.23. The first-order chi connectivity index (χ1) is 9.54. The third kappa shape index (κ3) is 3.86. The van der Waals surface area contributed by atoms with E-state index >= 15 is 0 Å². The molecule has 0 aromatic heterocycles. The number of anilines is 1. The van der Waals surface area contributed by atoms with Gasteiger partial charge < -0.3 is 25.2 Å². The minimum atomic E-state index is -1.05. The topological polar surface area (TPSA) is 99.1 Å². The average molecular weight is 280 g/mol. The fourth-order valence-corrected chi connectivity index (χ4v) is 1.91. The number of carbonyl (C=O) groups excluding carboxylic acids is 1. The Kier molecular flexibility index (Phi) is 4.41. The maximum Gasteiger partial charge on any atom is 0.341 e. The number of aliphatic hydroxyl groups is 1. The number of nitrogens with zero attached hydrogens (tertiary/aromatic N) is 1. The maximum atomic E-state index is 11.9. The van der Waals surface area contributed by atoms with Gasteiger partial charge in [0.05, 0.1) is 6.10 Å². The van der Waals surface area contributed by atoms with Crippen molar-refractivity contribution in [2.45, 2.75) is 12.5 Å². The van der Waals surface area contributed by atoms with E-state index in [0.717, 1.165) is 0 Å². The van der Waals surface area contributed by atoms with Crippen LogP contribution >= 0.6 is 0 Å². The van der Waals surface area contributed by atoms with Gasteiger partial charge >= 0.3 is 12.0 Å². The molecular formula is C13H16N2O5. The van der Waals surface area contributed by atoms with Crippen LogP contribution in [0.5, 0.6) is 5.75 Å². The number of benzene rings is 1. The van der Waals surface area contributed by atoms with E-state index in [1.165, 1.54) is 0 Å². The summed E-state index contributed by atoms with van der Waals surface area (Å²) in [7, 11) is 0. The number of carbonyl (C=O) groups is 2. The van der Waals surface area contributed by atoms with Crippen LogP contribution in [-0.4, -0.2) is 52.9 Å². The summed E-state index contributed by atoms with van der Waals surface area (Å²) in [4.78, 5) is 23.7. The number of amides is 2. The Morgan fingerprint density at radius 1 is 1.35 bits per heavy atom. The number of urea groups is 1. The minimum absolute atomic E-state index is 0.263. The van der Waals surface area contributed by atoms with Crippen LogP contribution in [0.15, 0.2) is 24.3 Å². The zero-order valence-corrected chi connectivity index (χ0v) is 10.8. The number of ether oxygens (including phenoxy) is 1. The summed E-state index contributed by atoms with van der Waals surface area (Å²) < 4.78 is 4.99. The molecular weight excluding hydrogens is 264 g/mol. The van der Waals surface area contributed by atoms with E-state index in [9.17, 15) is 14.7 Å². The van der Waals surface area contributed by atoms with Gasteiger partial charge in [-0.15, -0.1) is 0 Å². The number of carboxylic acids is 1. The summed E-state index contributed by atoms with van der Waals surface area (Å²) in [5, 5.41) is 20.6. The van der Waals surface area contributed by atoms with Crippen molar-refractivity contribution in [2.75, 3.05) is 25.0 Å². The molecule has 0 bridgehead atoms. The summed E-state index contributed by atoms with van der Waals surface area (Å²) in [6.45, 7) is 0.468. The van der Waals surface area contributed by atoms with Crippen LogP contribution in [0.25, 0.3) is 0 Å². The van der Waals surface area contributed by atoms with Gasteiger partial charge in [0, 0.05) is 18.8 Å². The highest BCUT2D eigenvalue weighted by atomic mass is 16.5. The fourth-order valence-electron chi connectivity index (χ4n) is 1.91. The van der Waals surface area contributed by atoms with Crippen molar-refractivity contribution in [1.82, 2.24) is 4.90 Å². The number of rotatable bonds is 4. The molecule has 1 aliphatic heterocycles. The van der Waals surface area contributed by atoms with Crippen molar-refractivity contribution in [3.8, 4) is 5.75 Å². The maximum absolute atomic E-state index is 11.9. The van der Waals surface area contributed by atoms with E-state index < -0.39 is 18.7 Å². The zero-order valence-electron chi connectivity index (χ0n) is 10.8. The summed E-state index contributed by atoms with van der Waals surface area (Å²) in [6.07, 6.45) is 0.141.